The van der Waals surface area contributed by atoms with Crippen LogP contribution in [0.5, 0.6) is 0 Å². The molecule has 0 unspecified atom stereocenters. The van der Waals surface area contributed by atoms with Crippen molar-refractivity contribution in [2.45, 2.75) is 11.8 Å². The van der Waals surface area contributed by atoms with Gasteiger partial charge in [-0.2, -0.15) is 0 Å². The van der Waals surface area contributed by atoms with Crippen molar-refractivity contribution < 1.29 is 12.8 Å². The second kappa shape index (κ2) is 5.82. The Bertz CT molecular complexity index is 812. The van der Waals surface area contributed by atoms with E-state index in [4.69, 9.17) is 17.3 Å². The van der Waals surface area contributed by atoms with Crippen molar-refractivity contribution in [3.05, 3.63) is 51.2 Å². The van der Waals surface area contributed by atoms with Gasteiger partial charge in [-0.05, 0) is 42.8 Å². The maximum atomic E-state index is 13.9. The molecule has 4 nitrogen and oxygen atoms in total. The van der Waals surface area contributed by atoms with Gasteiger partial charge in [0.15, 0.2) is 5.82 Å². The first-order valence-electron chi connectivity index (χ1n) is 5.74. The summed E-state index contributed by atoms with van der Waals surface area (Å²) >= 11 is 9.02. The van der Waals surface area contributed by atoms with E-state index in [0.29, 0.717) is 11.3 Å². The summed E-state index contributed by atoms with van der Waals surface area (Å²) in [5.74, 6) is -1.03. The number of aryl methyl sites for hydroxylation is 1. The number of halogens is 3. The van der Waals surface area contributed by atoms with Crippen LogP contribution in [0.15, 0.2) is 39.7 Å². The maximum absolute atomic E-state index is 13.9. The maximum Gasteiger partial charge on any atom is 0.264 e. The minimum absolute atomic E-state index is 0.0433. The molecule has 8 heteroatoms. The van der Waals surface area contributed by atoms with Gasteiger partial charge in [-0.3, -0.25) is 4.72 Å². The molecule has 2 rings (SSSR count). The Morgan fingerprint density at radius 2 is 1.95 bits per heavy atom. The predicted molar refractivity (Wildman–Crippen MR) is 85.5 cm³/mol. The quantitative estimate of drug-likeness (QED) is 0.776. The van der Waals surface area contributed by atoms with Crippen molar-refractivity contribution in [3.8, 4) is 0 Å². The third-order valence-corrected chi connectivity index (χ3v) is 4.83. The van der Waals surface area contributed by atoms with Gasteiger partial charge in [0, 0.05) is 9.50 Å². The van der Waals surface area contributed by atoms with E-state index in [0.717, 1.165) is 16.6 Å². The average molecular weight is 394 g/mol. The van der Waals surface area contributed by atoms with E-state index in [9.17, 15) is 12.8 Å². The summed E-state index contributed by atoms with van der Waals surface area (Å²) in [5, 5.41) is 0.0433. The molecule has 0 bridgehead atoms. The van der Waals surface area contributed by atoms with Crippen molar-refractivity contribution in [3.63, 3.8) is 0 Å². The number of rotatable bonds is 3. The molecular weight excluding hydrogens is 383 g/mol. The number of nitrogens with two attached hydrogens (primary N) is 1. The Hall–Kier alpha value is -1.31. The molecule has 0 spiro atoms. The first kappa shape index (κ1) is 16.1. The van der Waals surface area contributed by atoms with E-state index in [2.05, 4.69) is 20.7 Å². The van der Waals surface area contributed by atoms with Gasteiger partial charge in [-0.25, -0.2) is 12.8 Å². The highest BCUT2D eigenvalue weighted by atomic mass is 79.9. The molecule has 0 heterocycles. The molecule has 0 amide bonds. The zero-order valence-electron chi connectivity index (χ0n) is 10.8. The highest BCUT2D eigenvalue weighted by Gasteiger charge is 2.22. The number of anilines is 2. The fourth-order valence-corrected chi connectivity index (χ4v) is 3.75. The van der Waals surface area contributed by atoms with Crippen LogP contribution in [0.3, 0.4) is 0 Å². The van der Waals surface area contributed by atoms with Crippen LogP contribution >= 0.6 is 27.5 Å². The Labute approximate surface area is 135 Å². The van der Waals surface area contributed by atoms with Crippen molar-refractivity contribution in [1.82, 2.24) is 0 Å². The van der Waals surface area contributed by atoms with E-state index in [1.54, 1.807) is 25.1 Å². The van der Waals surface area contributed by atoms with Crippen LogP contribution in [0.1, 0.15) is 5.56 Å². The van der Waals surface area contributed by atoms with Crippen molar-refractivity contribution in [2.24, 2.45) is 0 Å². The second-order valence-electron chi connectivity index (χ2n) is 4.37. The fourth-order valence-electron chi connectivity index (χ4n) is 1.72. The van der Waals surface area contributed by atoms with Gasteiger partial charge in [-0.1, -0.05) is 27.5 Å². The Morgan fingerprint density at radius 1 is 1.29 bits per heavy atom. The summed E-state index contributed by atoms with van der Waals surface area (Å²) in [7, 11) is -4.13. The minimum atomic E-state index is -4.13. The lowest BCUT2D eigenvalue weighted by Gasteiger charge is -2.12. The normalized spacial score (nSPS) is 11.4. The third kappa shape index (κ3) is 3.48. The third-order valence-electron chi connectivity index (χ3n) is 2.75. The first-order chi connectivity index (χ1) is 9.70. The van der Waals surface area contributed by atoms with Crippen LogP contribution in [-0.2, 0) is 10.0 Å². The van der Waals surface area contributed by atoms with Gasteiger partial charge in [0.1, 0.15) is 4.90 Å². The number of benzene rings is 2. The average Bonchev–Trinajstić information content (AvgIpc) is 2.37. The molecule has 21 heavy (non-hydrogen) atoms. The van der Waals surface area contributed by atoms with Gasteiger partial charge >= 0.3 is 0 Å². The lowest BCUT2D eigenvalue weighted by Crippen LogP contribution is -2.16. The smallest absolute Gasteiger partial charge is 0.264 e. The van der Waals surface area contributed by atoms with Crippen molar-refractivity contribution in [1.29, 1.82) is 0 Å². The van der Waals surface area contributed by atoms with Gasteiger partial charge in [0.05, 0.1) is 11.4 Å². The Kier molecular flexibility index (Phi) is 4.46. The zero-order valence-corrected chi connectivity index (χ0v) is 14.0. The molecule has 3 N–H and O–H groups in total. The molecule has 2 aromatic rings. The van der Waals surface area contributed by atoms with Crippen LogP contribution in [-0.4, -0.2) is 8.42 Å². The predicted octanol–water partition coefficient (Wildman–Crippen LogP) is 3.93. The number of nitrogen functional groups attached to an aromatic ring is 1. The molecule has 0 atom stereocenters. The van der Waals surface area contributed by atoms with Gasteiger partial charge < -0.3 is 5.73 Å². The van der Waals surface area contributed by atoms with Crippen molar-refractivity contribution in [2.75, 3.05) is 10.5 Å². The molecule has 2 aromatic carbocycles. The molecule has 0 aliphatic rings. The molecule has 0 saturated carbocycles. The van der Waals surface area contributed by atoms with E-state index in [1.807, 2.05) is 0 Å². The van der Waals surface area contributed by atoms with E-state index in [1.165, 1.54) is 0 Å². The number of hydrogen-bond donors (Lipinski definition) is 2. The molecule has 0 aliphatic carbocycles. The lowest BCUT2D eigenvalue weighted by molar-refractivity contribution is 0.573. The SMILES string of the molecule is Cc1cc(Br)ccc1NS(=O)(=O)c1cc(Cl)cc(N)c1F. The Balaban J connectivity index is 2.48. The van der Waals surface area contributed by atoms with Crippen LogP contribution < -0.4 is 10.5 Å². The molecule has 0 aromatic heterocycles. The highest BCUT2D eigenvalue weighted by Crippen LogP contribution is 2.28. The van der Waals surface area contributed by atoms with Crippen LogP contribution in [0, 0.1) is 12.7 Å². The number of nitrogens with one attached hydrogen (secondary N) is 1. The summed E-state index contributed by atoms with van der Waals surface area (Å²) in [6.07, 6.45) is 0. The van der Waals surface area contributed by atoms with Crippen molar-refractivity contribution >= 4 is 48.9 Å². The summed E-state index contributed by atoms with van der Waals surface area (Å²) in [6, 6.07) is 7.15. The van der Waals surface area contributed by atoms with Gasteiger partial charge in [0.25, 0.3) is 10.0 Å². The minimum Gasteiger partial charge on any atom is -0.396 e. The molecular formula is C13H11BrClFN2O2S. The van der Waals surface area contributed by atoms with Crippen LogP contribution in [0.4, 0.5) is 15.8 Å². The molecule has 0 saturated heterocycles. The molecule has 0 radical (unpaired) electrons. The summed E-state index contributed by atoms with van der Waals surface area (Å²) in [4.78, 5) is -0.588. The second-order valence-corrected chi connectivity index (χ2v) is 7.37. The zero-order chi connectivity index (χ0) is 15.8. The summed E-state index contributed by atoms with van der Waals surface area (Å²) < 4.78 is 41.6. The topological polar surface area (TPSA) is 72.2 Å². The molecule has 0 fully saturated rings. The van der Waals surface area contributed by atoms with E-state index in [-0.39, 0.29) is 10.7 Å². The van der Waals surface area contributed by atoms with Crippen LogP contribution in [0.2, 0.25) is 5.02 Å². The van der Waals surface area contributed by atoms with Gasteiger partial charge in [0.2, 0.25) is 0 Å². The molecule has 0 aliphatic heterocycles. The lowest BCUT2D eigenvalue weighted by atomic mass is 10.2. The number of hydrogen-bond acceptors (Lipinski definition) is 3. The van der Waals surface area contributed by atoms with E-state index >= 15 is 0 Å². The van der Waals surface area contributed by atoms with Gasteiger partial charge in [-0.15, -0.1) is 0 Å². The first-order valence-corrected chi connectivity index (χ1v) is 8.39. The monoisotopic (exact) mass is 392 g/mol. The largest absolute Gasteiger partial charge is 0.396 e. The standard InChI is InChI=1S/C13H11BrClFN2O2S/c1-7-4-8(14)2-3-11(7)18-21(19,20)12-6-9(15)5-10(17)13(12)16/h2-6,18H,17H2,1H3. The summed E-state index contributed by atoms with van der Waals surface area (Å²) in [6.45, 7) is 1.73. The Morgan fingerprint density at radius 3 is 2.57 bits per heavy atom. The molecule has 112 valence electrons. The van der Waals surface area contributed by atoms with E-state index < -0.39 is 20.7 Å². The fraction of sp³-hybridized carbons (Fsp3) is 0.0769. The number of sulfonamides is 1. The highest BCUT2D eigenvalue weighted by molar-refractivity contribution is 9.10. The summed E-state index contributed by atoms with van der Waals surface area (Å²) in [5.41, 5.74) is 6.11. The van der Waals surface area contributed by atoms with Crippen LogP contribution in [0.25, 0.3) is 0 Å².